The van der Waals surface area contributed by atoms with E-state index in [9.17, 15) is 4.79 Å². The van der Waals surface area contributed by atoms with E-state index in [1.165, 1.54) is 0 Å². The zero-order valence-electron chi connectivity index (χ0n) is 14.7. The number of ether oxygens (including phenoxy) is 2. The Morgan fingerprint density at radius 1 is 1.11 bits per heavy atom. The molecule has 0 fully saturated rings. The highest BCUT2D eigenvalue weighted by Gasteiger charge is 2.36. The maximum atomic E-state index is 12.7. The van der Waals surface area contributed by atoms with E-state index in [4.69, 9.17) is 26.8 Å². The molecule has 4 rings (SSSR count). The summed E-state index contributed by atoms with van der Waals surface area (Å²) in [6.45, 7) is 2.02. The first kappa shape index (κ1) is 17.4. The van der Waals surface area contributed by atoms with Gasteiger partial charge in [-0.3, -0.25) is 0 Å². The fourth-order valence-electron chi connectivity index (χ4n) is 3.54. The van der Waals surface area contributed by atoms with Crippen LogP contribution in [0.5, 0.6) is 5.75 Å². The van der Waals surface area contributed by atoms with E-state index in [1.54, 1.807) is 19.1 Å². The fourth-order valence-corrected chi connectivity index (χ4v) is 3.66. The molecule has 4 nitrogen and oxygen atoms in total. The molecule has 0 unspecified atom stereocenters. The molecule has 2 N–H and O–H groups in total. The number of hydrogen-bond donors (Lipinski definition) is 1. The smallest absolute Gasteiger partial charge is 0.340 e. The lowest BCUT2D eigenvalue weighted by molar-refractivity contribution is -0.139. The lowest BCUT2D eigenvalue weighted by atomic mass is 9.80. The predicted molar refractivity (Wildman–Crippen MR) is 106 cm³/mol. The van der Waals surface area contributed by atoms with Crippen molar-refractivity contribution in [1.82, 2.24) is 0 Å². The van der Waals surface area contributed by atoms with Crippen LogP contribution in [0.4, 0.5) is 0 Å². The molecule has 5 heteroatoms. The van der Waals surface area contributed by atoms with Crippen LogP contribution in [-0.4, -0.2) is 12.6 Å². The Hall–Kier alpha value is -2.98. The summed E-state index contributed by atoms with van der Waals surface area (Å²) < 4.78 is 11.1. The Balaban J connectivity index is 2.01. The first-order valence-electron chi connectivity index (χ1n) is 8.72. The van der Waals surface area contributed by atoms with E-state index in [-0.39, 0.29) is 12.5 Å². The van der Waals surface area contributed by atoms with Gasteiger partial charge in [0, 0.05) is 10.6 Å². The van der Waals surface area contributed by atoms with Crippen molar-refractivity contribution in [3.63, 3.8) is 0 Å². The largest absolute Gasteiger partial charge is 0.462 e. The minimum Gasteiger partial charge on any atom is -0.462 e. The summed E-state index contributed by atoms with van der Waals surface area (Å²) in [5, 5.41) is 2.69. The van der Waals surface area contributed by atoms with Crippen LogP contribution < -0.4 is 10.5 Å². The summed E-state index contributed by atoms with van der Waals surface area (Å²) in [6.07, 6.45) is 0. The molecule has 27 heavy (non-hydrogen) atoms. The van der Waals surface area contributed by atoms with E-state index in [2.05, 4.69) is 0 Å². The van der Waals surface area contributed by atoms with Crippen LogP contribution in [0.25, 0.3) is 10.8 Å². The van der Waals surface area contributed by atoms with Crippen LogP contribution >= 0.6 is 11.6 Å². The highest BCUT2D eigenvalue weighted by Crippen LogP contribution is 2.46. The number of carbonyl (C=O) groups is 1. The van der Waals surface area contributed by atoms with Crippen LogP contribution in [0.3, 0.4) is 0 Å². The molecule has 0 aliphatic carbocycles. The molecule has 0 amide bonds. The van der Waals surface area contributed by atoms with Gasteiger partial charge in [0.2, 0.25) is 5.88 Å². The first-order chi connectivity index (χ1) is 13.1. The number of hydrogen-bond acceptors (Lipinski definition) is 4. The minimum absolute atomic E-state index is 0.0659. The minimum atomic E-state index is -0.478. The molecule has 0 bridgehead atoms. The monoisotopic (exact) mass is 379 g/mol. The summed E-state index contributed by atoms with van der Waals surface area (Å²) in [5.41, 5.74) is 8.26. The Morgan fingerprint density at radius 2 is 1.85 bits per heavy atom. The van der Waals surface area contributed by atoms with Crippen molar-refractivity contribution in [2.75, 3.05) is 6.61 Å². The zero-order valence-corrected chi connectivity index (χ0v) is 15.5. The Labute approximate surface area is 162 Å². The maximum Gasteiger partial charge on any atom is 0.340 e. The standard InChI is InChI=1S/C22H18ClNO3/c1-2-26-22(25)20-18(14-7-10-15(23)11-8-14)19-16-6-4-3-5-13(16)9-12-17(19)27-21(20)24/h3-12,18H,2,24H2,1H3/t18-/m0/s1. The third kappa shape index (κ3) is 3.02. The normalized spacial score (nSPS) is 16.0. The van der Waals surface area contributed by atoms with E-state index < -0.39 is 11.9 Å². The summed E-state index contributed by atoms with van der Waals surface area (Å²) in [6, 6.07) is 19.3. The molecule has 0 saturated carbocycles. The lowest BCUT2D eigenvalue weighted by Crippen LogP contribution is -2.27. The van der Waals surface area contributed by atoms with Crippen LogP contribution in [0.2, 0.25) is 5.02 Å². The first-order valence-corrected chi connectivity index (χ1v) is 9.09. The highest BCUT2D eigenvalue weighted by atomic mass is 35.5. The molecule has 136 valence electrons. The number of esters is 1. The molecule has 1 aliphatic heterocycles. The molecule has 0 radical (unpaired) electrons. The summed E-state index contributed by atoms with van der Waals surface area (Å²) >= 11 is 6.07. The van der Waals surface area contributed by atoms with Crippen molar-refractivity contribution in [3.05, 3.63) is 88.3 Å². The second kappa shape index (κ2) is 6.97. The van der Waals surface area contributed by atoms with Gasteiger partial charge in [-0.2, -0.15) is 0 Å². The molecule has 0 saturated heterocycles. The molecule has 3 aromatic carbocycles. The van der Waals surface area contributed by atoms with Crippen molar-refractivity contribution in [3.8, 4) is 5.75 Å². The molecule has 1 heterocycles. The summed E-state index contributed by atoms with van der Waals surface area (Å²) in [5.74, 6) is -0.180. The molecular weight excluding hydrogens is 362 g/mol. The Kier molecular flexibility index (Phi) is 4.50. The molecule has 3 aromatic rings. The van der Waals surface area contributed by atoms with Crippen LogP contribution in [0, 0.1) is 0 Å². The van der Waals surface area contributed by atoms with Crippen LogP contribution in [0.15, 0.2) is 72.1 Å². The van der Waals surface area contributed by atoms with Crippen molar-refractivity contribution in [2.45, 2.75) is 12.8 Å². The lowest BCUT2D eigenvalue weighted by Gasteiger charge is -2.29. The van der Waals surface area contributed by atoms with Gasteiger partial charge in [0.15, 0.2) is 0 Å². The quantitative estimate of drug-likeness (QED) is 0.667. The van der Waals surface area contributed by atoms with Gasteiger partial charge in [0.1, 0.15) is 11.3 Å². The van der Waals surface area contributed by atoms with E-state index >= 15 is 0 Å². The summed E-state index contributed by atoms with van der Waals surface area (Å²) in [4.78, 5) is 12.7. The topological polar surface area (TPSA) is 61.5 Å². The second-order valence-corrected chi connectivity index (χ2v) is 6.72. The predicted octanol–water partition coefficient (Wildman–Crippen LogP) is 4.75. The van der Waals surface area contributed by atoms with Gasteiger partial charge >= 0.3 is 5.97 Å². The van der Waals surface area contributed by atoms with E-state index in [1.807, 2.05) is 48.5 Å². The number of benzene rings is 3. The van der Waals surface area contributed by atoms with Crippen LogP contribution in [0.1, 0.15) is 24.0 Å². The molecule has 1 aliphatic rings. The van der Waals surface area contributed by atoms with Gasteiger partial charge < -0.3 is 15.2 Å². The highest BCUT2D eigenvalue weighted by molar-refractivity contribution is 6.30. The zero-order chi connectivity index (χ0) is 19.0. The molecule has 1 atom stereocenters. The number of nitrogens with two attached hydrogens (primary N) is 1. The average molecular weight is 380 g/mol. The molecule has 0 aromatic heterocycles. The van der Waals surface area contributed by atoms with Gasteiger partial charge in [-0.05, 0) is 41.5 Å². The SMILES string of the molecule is CCOC(=O)C1=C(N)Oc2ccc3ccccc3c2[C@@H]1c1ccc(Cl)cc1. The van der Waals surface area contributed by atoms with Gasteiger partial charge in [-0.15, -0.1) is 0 Å². The van der Waals surface area contributed by atoms with Crippen molar-refractivity contribution in [1.29, 1.82) is 0 Å². The second-order valence-electron chi connectivity index (χ2n) is 6.28. The van der Waals surface area contributed by atoms with E-state index in [0.717, 1.165) is 21.9 Å². The van der Waals surface area contributed by atoms with E-state index in [0.29, 0.717) is 16.3 Å². The van der Waals surface area contributed by atoms with Crippen molar-refractivity contribution >= 4 is 28.3 Å². The molecule has 0 spiro atoms. The van der Waals surface area contributed by atoms with Gasteiger partial charge in [0.05, 0.1) is 12.5 Å². The average Bonchev–Trinajstić information content (AvgIpc) is 2.67. The number of halogens is 1. The third-order valence-electron chi connectivity index (χ3n) is 4.69. The summed E-state index contributed by atoms with van der Waals surface area (Å²) in [7, 11) is 0. The Morgan fingerprint density at radius 3 is 2.59 bits per heavy atom. The number of carbonyl (C=O) groups excluding carboxylic acids is 1. The number of rotatable bonds is 3. The van der Waals surface area contributed by atoms with Crippen molar-refractivity contribution < 1.29 is 14.3 Å². The molecular formula is C22H18ClNO3. The van der Waals surface area contributed by atoms with Gasteiger partial charge in [0.25, 0.3) is 0 Å². The van der Waals surface area contributed by atoms with Crippen molar-refractivity contribution in [2.24, 2.45) is 5.73 Å². The number of fused-ring (bicyclic) bond motifs is 3. The Bertz CT molecular complexity index is 1060. The van der Waals surface area contributed by atoms with Gasteiger partial charge in [-0.25, -0.2) is 4.79 Å². The maximum absolute atomic E-state index is 12.7. The van der Waals surface area contributed by atoms with Gasteiger partial charge in [-0.1, -0.05) is 54.1 Å². The fraction of sp³-hybridized carbons (Fsp3) is 0.136. The van der Waals surface area contributed by atoms with Crippen LogP contribution in [-0.2, 0) is 9.53 Å². The third-order valence-corrected chi connectivity index (χ3v) is 4.94.